The Morgan fingerprint density at radius 3 is 1.48 bits per heavy atom. The Bertz CT molecular complexity index is 854. The van der Waals surface area contributed by atoms with Gasteiger partial charge in [-0.3, -0.25) is 9.59 Å². The summed E-state index contributed by atoms with van der Waals surface area (Å²) in [7, 11) is 0. The fraction of sp³-hybridized carbons (Fsp3) is 0.826. The summed E-state index contributed by atoms with van der Waals surface area (Å²) in [6.07, 6.45) is 48.4. The molecule has 0 spiro atoms. The normalized spacial score (nSPS) is 13.1. The number of unbranched alkanes of at least 4 members (excludes halogenated alkanes) is 25. The molecule has 0 aliphatic rings. The first-order valence-electron chi connectivity index (χ1n) is 22.3. The van der Waals surface area contributed by atoms with Gasteiger partial charge in [0.25, 0.3) is 0 Å². The standard InChI is InChI=1S/C46H85NO5/c1-3-5-7-9-11-13-14-15-16-17-18-19-24-28-32-36-40-46(51)52-41-37-33-29-25-21-20-23-27-31-35-39-45(50)47-43(42-48)44(49)38-34-30-26-22-12-10-8-6-4-2/h13-14,16-17,34,38,43-44,48-49H,3-12,15,18-33,35-37,39-42H2,1-2H3,(H,47,50)/b14-13-,17-16-,38-34+. The second-order valence-electron chi connectivity index (χ2n) is 15.0. The van der Waals surface area contributed by atoms with Crippen LogP contribution in [-0.4, -0.2) is 47.4 Å². The zero-order valence-electron chi connectivity index (χ0n) is 34.3. The SMILES string of the molecule is CCCCCC/C=C\C/C=C\CCCCCCCC(=O)OCCCCCCCCCCCCC(=O)NC(CO)C(O)/C=C/CCCCCCCCC. The van der Waals surface area contributed by atoms with Crippen molar-refractivity contribution in [3.63, 3.8) is 0 Å². The second kappa shape index (κ2) is 41.8. The number of nitrogens with one attached hydrogen (secondary N) is 1. The molecule has 6 heteroatoms. The Morgan fingerprint density at radius 1 is 0.538 bits per heavy atom. The van der Waals surface area contributed by atoms with E-state index in [4.69, 9.17) is 4.74 Å². The van der Waals surface area contributed by atoms with E-state index in [1.54, 1.807) is 6.08 Å². The molecule has 0 rings (SSSR count). The van der Waals surface area contributed by atoms with Gasteiger partial charge in [0.2, 0.25) is 5.91 Å². The summed E-state index contributed by atoms with van der Waals surface area (Å²) in [4.78, 5) is 24.3. The van der Waals surface area contributed by atoms with Crippen LogP contribution in [0.2, 0.25) is 0 Å². The van der Waals surface area contributed by atoms with Gasteiger partial charge >= 0.3 is 5.97 Å². The first kappa shape index (κ1) is 50.1. The maximum Gasteiger partial charge on any atom is 0.305 e. The van der Waals surface area contributed by atoms with Crippen LogP contribution in [0.4, 0.5) is 0 Å². The first-order chi connectivity index (χ1) is 25.5. The number of aliphatic hydroxyl groups excluding tert-OH is 2. The fourth-order valence-corrected chi connectivity index (χ4v) is 6.42. The van der Waals surface area contributed by atoms with Crippen molar-refractivity contribution in [3.05, 3.63) is 36.5 Å². The van der Waals surface area contributed by atoms with E-state index in [9.17, 15) is 19.8 Å². The largest absolute Gasteiger partial charge is 0.466 e. The Morgan fingerprint density at radius 2 is 0.962 bits per heavy atom. The topological polar surface area (TPSA) is 95.9 Å². The van der Waals surface area contributed by atoms with Crippen LogP contribution >= 0.6 is 0 Å². The predicted octanol–water partition coefficient (Wildman–Crippen LogP) is 12.6. The van der Waals surface area contributed by atoms with Crippen LogP contribution in [0, 0.1) is 0 Å². The lowest BCUT2D eigenvalue weighted by molar-refractivity contribution is -0.143. The van der Waals surface area contributed by atoms with Gasteiger partial charge in [0, 0.05) is 12.8 Å². The number of allylic oxidation sites excluding steroid dienone is 5. The third-order valence-corrected chi connectivity index (χ3v) is 9.91. The molecule has 0 aliphatic carbocycles. The van der Waals surface area contributed by atoms with Gasteiger partial charge < -0.3 is 20.3 Å². The molecule has 0 bridgehead atoms. The highest BCUT2D eigenvalue weighted by molar-refractivity contribution is 5.76. The molecule has 0 aromatic rings. The van der Waals surface area contributed by atoms with Gasteiger partial charge in [0.15, 0.2) is 0 Å². The average molecular weight is 732 g/mol. The van der Waals surface area contributed by atoms with E-state index >= 15 is 0 Å². The van der Waals surface area contributed by atoms with Crippen molar-refractivity contribution in [2.75, 3.05) is 13.2 Å². The molecule has 2 unspecified atom stereocenters. The van der Waals surface area contributed by atoms with Gasteiger partial charge in [0.05, 0.1) is 25.4 Å². The zero-order chi connectivity index (χ0) is 38.0. The van der Waals surface area contributed by atoms with Crippen molar-refractivity contribution in [1.29, 1.82) is 0 Å². The van der Waals surface area contributed by atoms with E-state index in [-0.39, 0.29) is 18.5 Å². The second-order valence-corrected chi connectivity index (χ2v) is 15.0. The molecule has 2 atom stereocenters. The molecule has 0 radical (unpaired) electrons. The number of carbonyl (C=O) groups is 2. The predicted molar refractivity (Wildman–Crippen MR) is 222 cm³/mol. The van der Waals surface area contributed by atoms with E-state index in [1.807, 2.05) is 6.08 Å². The Balaban J connectivity index is 3.51. The Labute approximate surface area is 322 Å². The van der Waals surface area contributed by atoms with Gasteiger partial charge in [-0.15, -0.1) is 0 Å². The maximum absolute atomic E-state index is 12.3. The number of esters is 1. The van der Waals surface area contributed by atoms with Crippen molar-refractivity contribution in [3.8, 4) is 0 Å². The van der Waals surface area contributed by atoms with Crippen LogP contribution in [0.1, 0.15) is 219 Å². The minimum atomic E-state index is -0.857. The highest BCUT2D eigenvalue weighted by Gasteiger charge is 2.18. The van der Waals surface area contributed by atoms with E-state index in [1.165, 1.54) is 122 Å². The third kappa shape index (κ3) is 37.8. The summed E-state index contributed by atoms with van der Waals surface area (Å²) < 4.78 is 5.43. The van der Waals surface area contributed by atoms with Crippen LogP contribution in [-0.2, 0) is 14.3 Å². The molecular weight excluding hydrogens is 647 g/mol. The molecular formula is C46H85NO5. The number of amides is 1. The highest BCUT2D eigenvalue weighted by Crippen LogP contribution is 2.13. The van der Waals surface area contributed by atoms with Crippen LogP contribution in [0.15, 0.2) is 36.5 Å². The molecule has 0 aromatic heterocycles. The van der Waals surface area contributed by atoms with Gasteiger partial charge in [-0.1, -0.05) is 179 Å². The molecule has 3 N–H and O–H groups in total. The highest BCUT2D eigenvalue weighted by atomic mass is 16.5. The summed E-state index contributed by atoms with van der Waals surface area (Å²) >= 11 is 0. The van der Waals surface area contributed by atoms with Crippen molar-refractivity contribution < 1.29 is 24.5 Å². The summed E-state index contributed by atoms with van der Waals surface area (Å²) in [6, 6.07) is -0.643. The number of aliphatic hydroxyl groups is 2. The quantitative estimate of drug-likeness (QED) is 0.0331. The molecule has 0 saturated heterocycles. The summed E-state index contributed by atoms with van der Waals surface area (Å²) in [6.45, 7) is 4.78. The summed E-state index contributed by atoms with van der Waals surface area (Å²) in [5.74, 6) is -0.132. The average Bonchev–Trinajstić information content (AvgIpc) is 3.14. The van der Waals surface area contributed by atoms with Crippen LogP contribution in [0.3, 0.4) is 0 Å². The lowest BCUT2D eigenvalue weighted by Crippen LogP contribution is -2.45. The molecule has 6 nitrogen and oxygen atoms in total. The number of carbonyl (C=O) groups excluding carboxylic acids is 2. The Hall–Kier alpha value is -1.92. The minimum absolute atomic E-state index is 0.0360. The zero-order valence-corrected chi connectivity index (χ0v) is 34.3. The number of hydrogen-bond donors (Lipinski definition) is 3. The summed E-state index contributed by atoms with van der Waals surface area (Å²) in [5, 5.41) is 22.8. The minimum Gasteiger partial charge on any atom is -0.466 e. The number of rotatable bonds is 40. The van der Waals surface area contributed by atoms with Crippen molar-refractivity contribution in [2.24, 2.45) is 0 Å². The monoisotopic (exact) mass is 732 g/mol. The van der Waals surface area contributed by atoms with Gasteiger partial charge in [-0.25, -0.2) is 0 Å². The lowest BCUT2D eigenvalue weighted by atomic mass is 10.1. The van der Waals surface area contributed by atoms with Gasteiger partial charge in [-0.2, -0.15) is 0 Å². The maximum atomic E-state index is 12.3. The first-order valence-corrected chi connectivity index (χ1v) is 22.3. The van der Waals surface area contributed by atoms with Crippen molar-refractivity contribution >= 4 is 11.9 Å². The molecule has 1 amide bonds. The smallest absolute Gasteiger partial charge is 0.305 e. The van der Waals surface area contributed by atoms with Crippen LogP contribution in [0.5, 0.6) is 0 Å². The molecule has 0 saturated carbocycles. The van der Waals surface area contributed by atoms with E-state index in [0.29, 0.717) is 19.4 Å². The lowest BCUT2D eigenvalue weighted by Gasteiger charge is -2.20. The van der Waals surface area contributed by atoms with Crippen molar-refractivity contribution in [2.45, 2.75) is 231 Å². The molecule has 0 heterocycles. The molecule has 0 aliphatic heterocycles. The molecule has 0 aromatic carbocycles. The van der Waals surface area contributed by atoms with Crippen LogP contribution in [0.25, 0.3) is 0 Å². The van der Waals surface area contributed by atoms with Crippen molar-refractivity contribution in [1.82, 2.24) is 5.32 Å². The van der Waals surface area contributed by atoms with E-state index in [2.05, 4.69) is 43.5 Å². The Kier molecular flexibility index (Phi) is 40.3. The third-order valence-electron chi connectivity index (χ3n) is 9.91. The summed E-state index contributed by atoms with van der Waals surface area (Å²) in [5.41, 5.74) is 0. The number of hydrogen-bond acceptors (Lipinski definition) is 5. The number of ether oxygens (including phenoxy) is 1. The van der Waals surface area contributed by atoms with E-state index in [0.717, 1.165) is 70.6 Å². The van der Waals surface area contributed by atoms with Crippen LogP contribution < -0.4 is 5.32 Å². The fourth-order valence-electron chi connectivity index (χ4n) is 6.42. The van der Waals surface area contributed by atoms with Gasteiger partial charge in [-0.05, 0) is 64.2 Å². The molecule has 0 fully saturated rings. The van der Waals surface area contributed by atoms with E-state index < -0.39 is 12.1 Å². The van der Waals surface area contributed by atoms with Gasteiger partial charge in [0.1, 0.15) is 0 Å². The molecule has 304 valence electrons. The molecule has 52 heavy (non-hydrogen) atoms.